The van der Waals surface area contributed by atoms with Crippen LogP contribution in [-0.2, 0) is 12.2 Å². The van der Waals surface area contributed by atoms with E-state index >= 15 is 0 Å². The Morgan fingerprint density at radius 2 is 2.04 bits per heavy atom. The molecule has 0 unspecified atom stereocenters. The van der Waals surface area contributed by atoms with Gasteiger partial charge >= 0.3 is 0 Å². The van der Waals surface area contributed by atoms with Gasteiger partial charge in [-0.1, -0.05) is 49.0 Å². The molecule has 2 aromatic heterocycles. The van der Waals surface area contributed by atoms with E-state index in [4.69, 9.17) is 12.3 Å². The zero-order chi connectivity index (χ0) is 16.9. The predicted octanol–water partition coefficient (Wildman–Crippen LogP) is 5.19. The highest BCUT2D eigenvalue weighted by Crippen LogP contribution is 2.37. The fourth-order valence-electron chi connectivity index (χ4n) is 2.30. The summed E-state index contributed by atoms with van der Waals surface area (Å²) in [5, 5.41) is 2.56. The average molecular weight is 352 g/mol. The van der Waals surface area contributed by atoms with Crippen molar-refractivity contribution in [2.45, 2.75) is 24.3 Å². The lowest BCUT2D eigenvalue weighted by atomic mass is 10.1. The minimum absolute atomic E-state index is 0.244. The van der Waals surface area contributed by atoms with Crippen LogP contribution in [0.15, 0.2) is 46.9 Å². The number of rotatable bonds is 5. The largest absolute Gasteiger partial charge is 0.392 e. The number of aromatic nitrogens is 2. The van der Waals surface area contributed by atoms with E-state index in [9.17, 15) is 0 Å². The third kappa shape index (κ3) is 3.58. The first-order valence-corrected chi connectivity index (χ1v) is 9.37. The minimum atomic E-state index is 0.244. The number of thiophene rings is 1. The van der Waals surface area contributed by atoms with E-state index in [1.165, 1.54) is 22.9 Å². The van der Waals surface area contributed by atoms with Crippen LogP contribution < -0.4 is 5.73 Å². The van der Waals surface area contributed by atoms with Crippen molar-refractivity contribution in [1.82, 2.24) is 9.97 Å². The van der Waals surface area contributed by atoms with Crippen LogP contribution in [0.5, 0.6) is 0 Å². The second-order valence-electron chi connectivity index (χ2n) is 5.14. The van der Waals surface area contributed by atoms with Crippen molar-refractivity contribution >= 4 is 34.6 Å². The Hall–Kier alpha value is -2.36. The van der Waals surface area contributed by atoms with Crippen molar-refractivity contribution in [3.05, 3.63) is 64.3 Å². The fraction of sp³-hybridized carbons (Fsp3) is 0.167. The molecular formula is C18H16N4S2. The molecule has 4 nitrogen and oxygen atoms in total. The molecule has 0 radical (unpaired) electrons. The van der Waals surface area contributed by atoms with Crippen LogP contribution in [0.2, 0.25) is 0 Å². The molecule has 0 saturated carbocycles. The van der Waals surface area contributed by atoms with Gasteiger partial charge in [-0.05, 0) is 29.0 Å². The topological polar surface area (TPSA) is 56.2 Å². The molecule has 0 atom stereocenters. The quantitative estimate of drug-likeness (QED) is 0.390. The SMILES string of the molecule is [C-]#[N+]c1c(N)nc(SCc2cccc(CC)c2)nc1-c1cccs1. The summed E-state index contributed by atoms with van der Waals surface area (Å²) >= 11 is 3.08. The third-order valence-electron chi connectivity index (χ3n) is 3.52. The molecular weight excluding hydrogens is 336 g/mol. The second kappa shape index (κ2) is 7.47. The number of hydrogen-bond acceptors (Lipinski definition) is 5. The molecule has 3 aromatic rings. The highest BCUT2D eigenvalue weighted by molar-refractivity contribution is 7.98. The van der Waals surface area contributed by atoms with Gasteiger partial charge in [-0.25, -0.2) is 14.8 Å². The van der Waals surface area contributed by atoms with E-state index in [-0.39, 0.29) is 5.82 Å². The highest BCUT2D eigenvalue weighted by atomic mass is 32.2. The summed E-state index contributed by atoms with van der Waals surface area (Å²) in [4.78, 5) is 13.3. The molecule has 1 aromatic carbocycles. The van der Waals surface area contributed by atoms with Crippen LogP contribution in [0.1, 0.15) is 18.1 Å². The van der Waals surface area contributed by atoms with Crippen LogP contribution in [0.4, 0.5) is 11.5 Å². The molecule has 6 heteroatoms. The molecule has 24 heavy (non-hydrogen) atoms. The van der Waals surface area contributed by atoms with Crippen molar-refractivity contribution in [3.8, 4) is 10.6 Å². The molecule has 0 aliphatic rings. The number of nitrogens with two attached hydrogens (primary N) is 1. The maximum Gasteiger partial charge on any atom is 0.254 e. The number of anilines is 1. The van der Waals surface area contributed by atoms with Gasteiger partial charge in [0.1, 0.15) is 5.82 Å². The van der Waals surface area contributed by atoms with Crippen molar-refractivity contribution in [1.29, 1.82) is 0 Å². The number of nitrogen functional groups attached to an aromatic ring is 1. The molecule has 0 fully saturated rings. The van der Waals surface area contributed by atoms with Gasteiger partial charge in [-0.2, -0.15) is 0 Å². The van der Waals surface area contributed by atoms with Crippen LogP contribution >= 0.6 is 23.1 Å². The van der Waals surface area contributed by atoms with Crippen molar-refractivity contribution < 1.29 is 0 Å². The Morgan fingerprint density at radius 1 is 1.21 bits per heavy atom. The van der Waals surface area contributed by atoms with E-state index in [1.807, 2.05) is 17.5 Å². The van der Waals surface area contributed by atoms with Gasteiger partial charge in [0.15, 0.2) is 5.16 Å². The predicted molar refractivity (Wildman–Crippen MR) is 101 cm³/mol. The van der Waals surface area contributed by atoms with Gasteiger partial charge in [0.05, 0.1) is 12.3 Å². The summed E-state index contributed by atoms with van der Waals surface area (Å²) in [6.45, 7) is 9.49. The molecule has 0 amide bonds. The molecule has 0 aliphatic heterocycles. The Labute approximate surface area is 149 Å². The van der Waals surface area contributed by atoms with Crippen LogP contribution in [0, 0.1) is 6.57 Å². The Balaban J connectivity index is 1.87. The summed E-state index contributed by atoms with van der Waals surface area (Å²) in [6.07, 6.45) is 1.02. The number of nitrogens with zero attached hydrogens (tertiary/aromatic N) is 3. The first-order valence-electron chi connectivity index (χ1n) is 7.50. The molecule has 2 heterocycles. The molecule has 3 rings (SSSR count). The average Bonchev–Trinajstić information content (AvgIpc) is 3.14. The lowest BCUT2D eigenvalue weighted by Crippen LogP contribution is -1.98. The Morgan fingerprint density at radius 3 is 2.75 bits per heavy atom. The van der Waals surface area contributed by atoms with Gasteiger partial charge < -0.3 is 5.73 Å². The first kappa shape index (κ1) is 16.5. The van der Waals surface area contributed by atoms with Gasteiger partial charge in [-0.15, -0.1) is 11.3 Å². The van der Waals surface area contributed by atoms with Crippen molar-refractivity contribution in [2.24, 2.45) is 0 Å². The normalized spacial score (nSPS) is 10.5. The summed E-state index contributed by atoms with van der Waals surface area (Å²) < 4.78 is 0. The van der Waals surface area contributed by atoms with E-state index < -0.39 is 0 Å². The molecule has 2 N–H and O–H groups in total. The maximum atomic E-state index is 7.34. The fourth-order valence-corrected chi connectivity index (χ4v) is 3.81. The van der Waals surface area contributed by atoms with Gasteiger partial charge in [0.2, 0.25) is 0 Å². The summed E-state index contributed by atoms with van der Waals surface area (Å²) in [5.41, 5.74) is 9.48. The van der Waals surface area contributed by atoms with Gasteiger partial charge in [0.25, 0.3) is 5.69 Å². The molecule has 0 saturated heterocycles. The third-order valence-corrected chi connectivity index (χ3v) is 5.32. The lowest BCUT2D eigenvalue weighted by molar-refractivity contribution is 0.987. The summed E-state index contributed by atoms with van der Waals surface area (Å²) in [5.74, 6) is 1.02. The first-order chi connectivity index (χ1) is 11.7. The van der Waals surface area contributed by atoms with Crippen molar-refractivity contribution in [3.63, 3.8) is 0 Å². The standard InChI is InChI=1S/C18H16N4S2/c1-3-12-6-4-7-13(10-12)11-24-18-21-15(14-8-5-9-23-14)16(20-2)17(19)22-18/h4-10H,3,11H2,1H3,(H2,19,21,22). The van der Waals surface area contributed by atoms with Gasteiger partial charge in [0, 0.05) is 10.6 Å². The lowest BCUT2D eigenvalue weighted by Gasteiger charge is -2.08. The Kier molecular flexibility index (Phi) is 5.14. The minimum Gasteiger partial charge on any atom is -0.392 e. The van der Waals surface area contributed by atoms with Crippen molar-refractivity contribution in [2.75, 3.05) is 5.73 Å². The molecule has 120 valence electrons. The van der Waals surface area contributed by atoms with E-state index in [0.717, 1.165) is 17.1 Å². The van der Waals surface area contributed by atoms with E-state index in [2.05, 4.69) is 46.0 Å². The number of hydrogen-bond donors (Lipinski definition) is 1. The smallest absolute Gasteiger partial charge is 0.254 e. The van der Waals surface area contributed by atoms with Crippen LogP contribution in [-0.4, -0.2) is 9.97 Å². The van der Waals surface area contributed by atoms with Gasteiger partial charge in [-0.3, -0.25) is 0 Å². The maximum absolute atomic E-state index is 7.34. The monoisotopic (exact) mass is 352 g/mol. The van der Waals surface area contributed by atoms with Crippen LogP contribution in [0.25, 0.3) is 15.4 Å². The molecule has 0 spiro atoms. The Bertz CT molecular complexity index is 883. The van der Waals surface area contributed by atoms with Crippen LogP contribution in [0.3, 0.4) is 0 Å². The van der Waals surface area contributed by atoms with E-state index in [0.29, 0.717) is 16.5 Å². The molecule has 0 aliphatic carbocycles. The van der Waals surface area contributed by atoms with E-state index in [1.54, 1.807) is 11.3 Å². The highest BCUT2D eigenvalue weighted by Gasteiger charge is 2.15. The number of thioether (sulfide) groups is 1. The summed E-state index contributed by atoms with van der Waals surface area (Å²) in [6, 6.07) is 12.4. The molecule has 0 bridgehead atoms. The summed E-state index contributed by atoms with van der Waals surface area (Å²) in [7, 11) is 0. The number of aryl methyl sites for hydroxylation is 1. The zero-order valence-electron chi connectivity index (χ0n) is 13.2. The second-order valence-corrected chi connectivity index (χ2v) is 7.03. The number of benzene rings is 1. The zero-order valence-corrected chi connectivity index (χ0v) is 14.8.